The molecule has 1 aromatic rings. The fourth-order valence-electron chi connectivity index (χ4n) is 3.06. The first kappa shape index (κ1) is 16.9. The van der Waals surface area contributed by atoms with Gasteiger partial charge in [0, 0.05) is 16.6 Å². The van der Waals surface area contributed by atoms with Gasteiger partial charge >= 0.3 is 0 Å². The second-order valence-electron chi connectivity index (χ2n) is 6.05. The van der Waals surface area contributed by atoms with E-state index in [-0.39, 0.29) is 10.8 Å². The molecule has 1 aliphatic rings. The summed E-state index contributed by atoms with van der Waals surface area (Å²) in [4.78, 5) is 0.277. The molecule has 2 unspecified atom stereocenters. The van der Waals surface area contributed by atoms with Crippen LogP contribution in [-0.4, -0.2) is 20.5 Å². The van der Waals surface area contributed by atoms with Gasteiger partial charge in [-0.15, -0.1) is 0 Å². The van der Waals surface area contributed by atoms with Crippen molar-refractivity contribution in [1.29, 1.82) is 0 Å². The van der Waals surface area contributed by atoms with E-state index in [1.165, 1.54) is 0 Å². The summed E-state index contributed by atoms with van der Waals surface area (Å²) in [6.45, 7) is 4.34. The van der Waals surface area contributed by atoms with E-state index < -0.39 is 15.6 Å². The summed E-state index contributed by atoms with van der Waals surface area (Å²) < 4.78 is 29.0. The van der Waals surface area contributed by atoms with Crippen molar-refractivity contribution in [3.8, 4) is 0 Å². The molecule has 1 saturated carbocycles. The lowest BCUT2D eigenvalue weighted by Gasteiger charge is -2.42. The summed E-state index contributed by atoms with van der Waals surface area (Å²) in [5.74, 6) is 0.246. The highest BCUT2D eigenvalue weighted by Gasteiger charge is 2.40. The summed E-state index contributed by atoms with van der Waals surface area (Å²) in [5, 5.41) is 0. The Hall–Kier alpha value is -0.430. The third kappa shape index (κ3) is 3.50. The SMILES string of the molecule is Cc1ccc(S(=O)(=O)NC2(CN)CCCCC2C)c(Br)c1. The Labute approximate surface area is 135 Å². The molecule has 2 rings (SSSR count). The molecule has 118 valence electrons. The lowest BCUT2D eigenvalue weighted by atomic mass is 9.74. The predicted molar refractivity (Wildman–Crippen MR) is 88.6 cm³/mol. The van der Waals surface area contributed by atoms with E-state index in [9.17, 15) is 8.42 Å². The van der Waals surface area contributed by atoms with Crippen LogP contribution in [0.2, 0.25) is 0 Å². The number of halogens is 1. The molecule has 1 aromatic carbocycles. The number of hydrogen-bond acceptors (Lipinski definition) is 3. The van der Waals surface area contributed by atoms with Gasteiger partial charge in [-0.1, -0.05) is 25.8 Å². The first-order chi connectivity index (χ1) is 9.81. The van der Waals surface area contributed by atoms with Crippen LogP contribution >= 0.6 is 15.9 Å². The fraction of sp³-hybridized carbons (Fsp3) is 0.600. The zero-order chi connectivity index (χ0) is 15.7. The van der Waals surface area contributed by atoms with Crippen LogP contribution in [0.3, 0.4) is 0 Å². The highest BCUT2D eigenvalue weighted by molar-refractivity contribution is 9.10. The third-order valence-electron chi connectivity index (χ3n) is 4.53. The van der Waals surface area contributed by atoms with Crippen molar-refractivity contribution in [3.63, 3.8) is 0 Å². The molecule has 21 heavy (non-hydrogen) atoms. The number of aryl methyl sites for hydroxylation is 1. The standard InChI is InChI=1S/C15H23BrN2O2S/c1-11-6-7-14(13(16)9-11)21(19,20)18-15(10-17)8-4-3-5-12(15)2/h6-7,9,12,18H,3-5,8,10,17H2,1-2H3. The monoisotopic (exact) mass is 374 g/mol. The average Bonchev–Trinajstić information content (AvgIpc) is 2.40. The van der Waals surface area contributed by atoms with Gasteiger partial charge < -0.3 is 5.73 Å². The Kier molecular flexibility index (Phi) is 5.13. The molecule has 0 bridgehead atoms. The summed E-state index contributed by atoms with van der Waals surface area (Å²) in [6, 6.07) is 5.26. The molecule has 0 heterocycles. The minimum atomic E-state index is -3.59. The molecule has 2 atom stereocenters. The predicted octanol–water partition coefficient (Wildman–Crippen LogP) is 2.94. The maximum atomic E-state index is 12.7. The quantitative estimate of drug-likeness (QED) is 0.850. The maximum Gasteiger partial charge on any atom is 0.242 e. The molecule has 4 nitrogen and oxygen atoms in total. The Bertz CT molecular complexity index is 618. The van der Waals surface area contributed by atoms with Gasteiger partial charge in [0.05, 0.1) is 4.90 Å². The molecule has 0 spiro atoms. The van der Waals surface area contributed by atoms with Crippen molar-refractivity contribution in [1.82, 2.24) is 4.72 Å². The molecule has 3 N–H and O–H groups in total. The Morgan fingerprint density at radius 3 is 2.71 bits per heavy atom. The largest absolute Gasteiger partial charge is 0.329 e. The smallest absolute Gasteiger partial charge is 0.242 e. The highest BCUT2D eigenvalue weighted by atomic mass is 79.9. The molecule has 6 heteroatoms. The molecule has 0 amide bonds. The molecule has 0 aromatic heterocycles. The van der Waals surface area contributed by atoms with Gasteiger partial charge in [-0.05, 0) is 59.3 Å². The van der Waals surface area contributed by atoms with Crippen LogP contribution in [0.4, 0.5) is 0 Å². The van der Waals surface area contributed by atoms with E-state index in [0.717, 1.165) is 31.2 Å². The van der Waals surface area contributed by atoms with Gasteiger partial charge in [0.2, 0.25) is 10.0 Å². The van der Waals surface area contributed by atoms with Gasteiger partial charge in [0.1, 0.15) is 0 Å². The van der Waals surface area contributed by atoms with Crippen molar-refractivity contribution >= 4 is 26.0 Å². The van der Waals surface area contributed by atoms with Crippen LogP contribution in [0.5, 0.6) is 0 Å². The molecule has 1 aliphatic carbocycles. The normalized spacial score (nSPS) is 26.8. The van der Waals surface area contributed by atoms with Crippen molar-refractivity contribution in [2.24, 2.45) is 11.7 Å². The lowest BCUT2D eigenvalue weighted by molar-refractivity contribution is 0.191. The van der Waals surface area contributed by atoms with Crippen LogP contribution in [0, 0.1) is 12.8 Å². The third-order valence-corrected chi connectivity index (χ3v) is 7.06. The van der Waals surface area contributed by atoms with Crippen LogP contribution in [0.15, 0.2) is 27.6 Å². The minimum absolute atomic E-state index is 0.246. The zero-order valence-corrected chi connectivity index (χ0v) is 14.9. The first-order valence-electron chi connectivity index (χ1n) is 7.31. The first-order valence-corrected chi connectivity index (χ1v) is 9.58. The number of hydrogen-bond donors (Lipinski definition) is 2. The molecule has 0 saturated heterocycles. The summed E-state index contributed by atoms with van der Waals surface area (Å²) in [6.07, 6.45) is 3.96. The van der Waals surface area contributed by atoms with E-state index in [1.54, 1.807) is 12.1 Å². The van der Waals surface area contributed by atoms with Crippen molar-refractivity contribution in [2.45, 2.75) is 50.0 Å². The molecular weight excluding hydrogens is 352 g/mol. The number of benzene rings is 1. The second-order valence-corrected chi connectivity index (χ2v) is 8.55. The minimum Gasteiger partial charge on any atom is -0.329 e. The highest BCUT2D eigenvalue weighted by Crippen LogP contribution is 2.35. The number of sulfonamides is 1. The molecule has 0 radical (unpaired) electrons. The van der Waals surface area contributed by atoms with Crippen molar-refractivity contribution in [2.75, 3.05) is 6.54 Å². The number of nitrogens with two attached hydrogens (primary N) is 1. The van der Waals surface area contributed by atoms with E-state index in [4.69, 9.17) is 5.73 Å². The number of nitrogens with one attached hydrogen (secondary N) is 1. The fourth-order valence-corrected chi connectivity index (χ4v) is 5.78. The Morgan fingerprint density at radius 1 is 1.43 bits per heavy atom. The molecule has 1 fully saturated rings. The van der Waals surface area contributed by atoms with Crippen LogP contribution in [0.25, 0.3) is 0 Å². The topological polar surface area (TPSA) is 72.2 Å². The van der Waals surface area contributed by atoms with Crippen LogP contribution in [0.1, 0.15) is 38.2 Å². The van der Waals surface area contributed by atoms with Crippen molar-refractivity contribution in [3.05, 3.63) is 28.2 Å². The van der Waals surface area contributed by atoms with E-state index in [1.807, 2.05) is 13.0 Å². The van der Waals surface area contributed by atoms with E-state index in [0.29, 0.717) is 11.0 Å². The second kappa shape index (κ2) is 6.36. The van der Waals surface area contributed by atoms with Crippen LogP contribution in [-0.2, 0) is 10.0 Å². The summed E-state index contributed by atoms with van der Waals surface area (Å²) in [5.41, 5.74) is 6.43. The van der Waals surface area contributed by atoms with E-state index in [2.05, 4.69) is 27.6 Å². The molecule has 0 aliphatic heterocycles. The molecular formula is C15H23BrN2O2S. The van der Waals surface area contributed by atoms with Gasteiger partial charge in [0.15, 0.2) is 0 Å². The average molecular weight is 375 g/mol. The summed E-state index contributed by atoms with van der Waals surface area (Å²) in [7, 11) is -3.59. The number of rotatable bonds is 4. The van der Waals surface area contributed by atoms with Crippen LogP contribution < -0.4 is 10.5 Å². The Morgan fingerprint density at radius 2 is 2.14 bits per heavy atom. The van der Waals surface area contributed by atoms with E-state index >= 15 is 0 Å². The Balaban J connectivity index is 2.35. The van der Waals surface area contributed by atoms with Gasteiger partial charge in [-0.25, -0.2) is 13.1 Å². The van der Waals surface area contributed by atoms with Gasteiger partial charge in [-0.2, -0.15) is 0 Å². The summed E-state index contributed by atoms with van der Waals surface area (Å²) >= 11 is 3.35. The maximum absolute atomic E-state index is 12.7. The van der Waals surface area contributed by atoms with Crippen molar-refractivity contribution < 1.29 is 8.42 Å². The zero-order valence-electron chi connectivity index (χ0n) is 12.5. The lowest BCUT2D eigenvalue weighted by Crippen LogP contribution is -2.58. The van der Waals surface area contributed by atoms with Gasteiger partial charge in [0.25, 0.3) is 0 Å². The van der Waals surface area contributed by atoms with Gasteiger partial charge in [-0.3, -0.25) is 0 Å².